The van der Waals surface area contributed by atoms with Crippen LogP contribution in [0.3, 0.4) is 0 Å². The summed E-state index contributed by atoms with van der Waals surface area (Å²) in [5, 5.41) is 0. The van der Waals surface area contributed by atoms with Crippen molar-refractivity contribution in [1.29, 1.82) is 0 Å². The van der Waals surface area contributed by atoms with Gasteiger partial charge in [0.25, 0.3) is 0 Å². The van der Waals surface area contributed by atoms with Crippen LogP contribution in [0.15, 0.2) is 70.6 Å². The Morgan fingerprint density at radius 1 is 0.913 bits per heavy atom. The predicted octanol–water partition coefficient (Wildman–Crippen LogP) is 4.72. The monoisotopic (exact) mass is 319 g/mol. The fourth-order valence-electron chi connectivity index (χ4n) is 3.25. The first-order valence-electron chi connectivity index (χ1n) is 7.76. The molecular weight excluding hydrogens is 300 g/mol. The number of aromatic nitrogens is 1. The van der Waals surface area contributed by atoms with E-state index in [0.29, 0.717) is 0 Å². The van der Waals surface area contributed by atoms with E-state index < -0.39 is 0 Å². The molecule has 0 unspecified atom stereocenters. The quantitative estimate of drug-likeness (QED) is 0.599. The van der Waals surface area contributed by atoms with Crippen LogP contribution >= 0.6 is 11.8 Å². The second-order valence-electron chi connectivity index (χ2n) is 5.93. The third-order valence-corrected chi connectivity index (χ3v) is 5.56. The van der Waals surface area contributed by atoms with Gasteiger partial charge in [-0.15, -0.1) is 0 Å². The normalized spacial score (nSPS) is 12.7. The van der Waals surface area contributed by atoms with Gasteiger partial charge < -0.3 is 4.90 Å². The number of fused-ring (bicyclic) bond motifs is 2. The number of rotatable bonds is 1. The van der Waals surface area contributed by atoms with Gasteiger partial charge >= 0.3 is 0 Å². The van der Waals surface area contributed by atoms with E-state index in [2.05, 4.69) is 91.3 Å². The fraction of sp³-hybridized carbons (Fsp3) is 0.150. The van der Waals surface area contributed by atoms with Gasteiger partial charge in [0, 0.05) is 29.0 Å². The van der Waals surface area contributed by atoms with Crippen molar-refractivity contribution in [1.82, 2.24) is 0 Å². The summed E-state index contributed by atoms with van der Waals surface area (Å²) in [6, 6.07) is 19.5. The third-order valence-electron chi connectivity index (χ3n) is 4.44. The van der Waals surface area contributed by atoms with E-state index in [9.17, 15) is 0 Å². The Labute approximate surface area is 141 Å². The summed E-state index contributed by atoms with van der Waals surface area (Å²) in [4.78, 5) is 4.96. The van der Waals surface area contributed by atoms with Crippen molar-refractivity contribution in [2.75, 3.05) is 11.9 Å². The SMILES string of the molecule is Cc1ccc2c(c1-c1cccc[n+]1C)N(C)c1ccccc1S2. The number of pyridine rings is 1. The Morgan fingerprint density at radius 3 is 2.52 bits per heavy atom. The summed E-state index contributed by atoms with van der Waals surface area (Å²) in [6.07, 6.45) is 2.11. The molecule has 1 aromatic heterocycles. The summed E-state index contributed by atoms with van der Waals surface area (Å²) in [6.45, 7) is 2.20. The Kier molecular flexibility index (Phi) is 3.38. The topological polar surface area (TPSA) is 7.12 Å². The molecule has 2 aromatic carbocycles. The summed E-state index contributed by atoms with van der Waals surface area (Å²) < 4.78 is 2.20. The summed E-state index contributed by atoms with van der Waals surface area (Å²) in [7, 11) is 4.28. The average molecular weight is 319 g/mol. The van der Waals surface area contributed by atoms with Crippen molar-refractivity contribution in [3.05, 3.63) is 66.4 Å². The number of aryl methyl sites for hydroxylation is 2. The average Bonchev–Trinajstić information content (AvgIpc) is 2.57. The third kappa shape index (κ3) is 2.23. The fourth-order valence-corrected chi connectivity index (χ4v) is 4.42. The van der Waals surface area contributed by atoms with E-state index in [1.807, 2.05) is 11.8 Å². The number of hydrogen-bond donors (Lipinski definition) is 0. The van der Waals surface area contributed by atoms with E-state index in [1.165, 1.54) is 38.0 Å². The second kappa shape index (κ2) is 5.43. The Bertz CT molecular complexity index is 902. The van der Waals surface area contributed by atoms with E-state index in [0.717, 1.165) is 0 Å². The number of benzene rings is 2. The Morgan fingerprint density at radius 2 is 1.70 bits per heavy atom. The minimum atomic E-state index is 1.24. The van der Waals surface area contributed by atoms with E-state index in [4.69, 9.17) is 0 Å². The molecule has 0 N–H and O–H groups in total. The van der Waals surface area contributed by atoms with E-state index in [1.54, 1.807) is 0 Å². The number of hydrogen-bond acceptors (Lipinski definition) is 2. The van der Waals surface area contributed by atoms with Crippen LogP contribution in [0, 0.1) is 6.92 Å². The minimum Gasteiger partial charge on any atom is -0.342 e. The molecule has 23 heavy (non-hydrogen) atoms. The standard InChI is InChI=1S/C20H19N2S/c1-14-11-12-18-20(19(14)16-9-6-7-13-21(16)2)22(3)15-8-4-5-10-17(15)23-18/h4-13H,1-3H3/q+1. The maximum Gasteiger partial charge on any atom is 0.214 e. The Hall–Kier alpha value is -2.26. The van der Waals surface area contributed by atoms with Crippen LogP contribution in [0.5, 0.6) is 0 Å². The molecule has 0 spiro atoms. The number of anilines is 2. The zero-order valence-electron chi connectivity index (χ0n) is 13.6. The van der Waals surface area contributed by atoms with Gasteiger partial charge in [-0.25, -0.2) is 4.57 Å². The lowest BCUT2D eigenvalue weighted by molar-refractivity contribution is -0.660. The molecule has 0 amide bonds. The van der Waals surface area contributed by atoms with Gasteiger partial charge in [-0.1, -0.05) is 30.0 Å². The maximum atomic E-state index is 2.33. The molecule has 2 heterocycles. The molecule has 0 radical (unpaired) electrons. The van der Waals surface area contributed by atoms with Crippen molar-refractivity contribution in [2.45, 2.75) is 16.7 Å². The first kappa shape index (κ1) is 14.3. The largest absolute Gasteiger partial charge is 0.342 e. The lowest BCUT2D eigenvalue weighted by Crippen LogP contribution is -2.31. The van der Waals surface area contributed by atoms with Gasteiger partial charge in [0.2, 0.25) is 5.69 Å². The summed E-state index contributed by atoms with van der Waals surface area (Å²) in [5.41, 5.74) is 6.44. The molecule has 2 nitrogen and oxygen atoms in total. The zero-order valence-corrected chi connectivity index (χ0v) is 14.4. The highest BCUT2D eigenvalue weighted by atomic mass is 32.2. The van der Waals surface area contributed by atoms with E-state index >= 15 is 0 Å². The number of para-hydroxylation sites is 1. The second-order valence-corrected chi connectivity index (χ2v) is 7.01. The molecule has 1 aliphatic heterocycles. The van der Waals surface area contributed by atoms with E-state index in [-0.39, 0.29) is 0 Å². The molecule has 3 aromatic rings. The molecule has 0 aliphatic carbocycles. The van der Waals surface area contributed by atoms with Crippen LogP contribution in [0.1, 0.15) is 5.56 Å². The van der Waals surface area contributed by atoms with Crippen molar-refractivity contribution in [2.24, 2.45) is 7.05 Å². The molecule has 3 heteroatoms. The van der Waals surface area contributed by atoms with Gasteiger partial charge in [-0.2, -0.15) is 0 Å². The molecule has 0 fully saturated rings. The molecule has 0 saturated heterocycles. The molecular formula is C20H19N2S+. The molecule has 114 valence electrons. The first-order chi connectivity index (χ1) is 11.2. The molecule has 0 atom stereocenters. The highest BCUT2D eigenvalue weighted by molar-refractivity contribution is 7.99. The molecule has 1 aliphatic rings. The summed E-state index contributed by atoms with van der Waals surface area (Å²) >= 11 is 1.86. The molecule has 4 rings (SSSR count). The van der Waals surface area contributed by atoms with Crippen LogP contribution in [0.25, 0.3) is 11.3 Å². The highest BCUT2D eigenvalue weighted by Gasteiger charge is 2.27. The maximum absolute atomic E-state index is 2.33. The predicted molar refractivity (Wildman–Crippen MR) is 96.4 cm³/mol. The highest BCUT2D eigenvalue weighted by Crippen LogP contribution is 2.51. The van der Waals surface area contributed by atoms with Crippen LogP contribution < -0.4 is 9.47 Å². The Balaban J connectivity index is 2.00. The van der Waals surface area contributed by atoms with Gasteiger partial charge in [-0.3, -0.25) is 0 Å². The lowest BCUT2D eigenvalue weighted by Gasteiger charge is -2.31. The van der Waals surface area contributed by atoms with Crippen molar-refractivity contribution in [3.8, 4) is 11.3 Å². The van der Waals surface area contributed by atoms with Crippen LogP contribution in [0.4, 0.5) is 11.4 Å². The minimum absolute atomic E-state index is 1.24. The number of nitrogens with zero attached hydrogens (tertiary/aromatic N) is 2. The van der Waals surface area contributed by atoms with Gasteiger partial charge in [0.1, 0.15) is 7.05 Å². The molecule has 0 bridgehead atoms. The summed E-state index contributed by atoms with van der Waals surface area (Å²) in [5.74, 6) is 0. The first-order valence-corrected chi connectivity index (χ1v) is 8.57. The van der Waals surface area contributed by atoms with Crippen molar-refractivity contribution in [3.63, 3.8) is 0 Å². The van der Waals surface area contributed by atoms with Crippen LogP contribution in [-0.2, 0) is 7.05 Å². The van der Waals surface area contributed by atoms with Crippen LogP contribution in [0.2, 0.25) is 0 Å². The van der Waals surface area contributed by atoms with Crippen LogP contribution in [-0.4, -0.2) is 7.05 Å². The van der Waals surface area contributed by atoms with Gasteiger partial charge in [0.15, 0.2) is 6.20 Å². The van der Waals surface area contributed by atoms with Crippen molar-refractivity contribution >= 4 is 23.1 Å². The molecule has 0 saturated carbocycles. The van der Waals surface area contributed by atoms with Crippen molar-refractivity contribution < 1.29 is 4.57 Å². The van der Waals surface area contributed by atoms with Gasteiger partial charge in [-0.05, 0) is 36.8 Å². The lowest BCUT2D eigenvalue weighted by atomic mass is 10.0. The zero-order chi connectivity index (χ0) is 16.0. The smallest absolute Gasteiger partial charge is 0.214 e. The van der Waals surface area contributed by atoms with Gasteiger partial charge in [0.05, 0.1) is 16.9 Å².